The Morgan fingerprint density at radius 3 is 1.84 bits per heavy atom. The molecule has 0 amide bonds. The topological polar surface area (TPSA) is 101 Å². The molecule has 0 bridgehead atoms. The second kappa shape index (κ2) is 11.7. The van der Waals surface area contributed by atoms with E-state index in [1.165, 1.54) is 38.3 Å². The van der Waals surface area contributed by atoms with E-state index in [2.05, 4.69) is 31.7 Å². The average Bonchev–Trinajstić information content (AvgIpc) is 2.52. The molecular weight excluding hydrogens is 342 g/mol. The Bertz CT molecular complexity index is 547. The number of nitrogens with two attached hydrogens (primary N) is 1. The van der Waals surface area contributed by atoms with Gasteiger partial charge in [-0.2, -0.15) is 0 Å². The Balaban J connectivity index is 0.000000493. The van der Waals surface area contributed by atoms with Gasteiger partial charge in [0.2, 0.25) is 0 Å². The van der Waals surface area contributed by atoms with Crippen LogP contribution in [0.5, 0.6) is 0 Å². The number of aliphatic carboxylic acids is 2. The van der Waals surface area contributed by atoms with Crippen LogP contribution in [0.25, 0.3) is 0 Å². The molecule has 0 radical (unpaired) electrons. The summed E-state index contributed by atoms with van der Waals surface area (Å²) in [5.41, 5.74) is 6.46. The molecule has 0 aromatic heterocycles. The summed E-state index contributed by atoms with van der Waals surface area (Å²) in [4.78, 5) is 19.1. The monoisotopic (exact) mass is 369 g/mol. The fourth-order valence-electron chi connectivity index (χ4n) is 2.94. The van der Waals surface area contributed by atoms with E-state index >= 15 is 0 Å². The molecule has 140 valence electrons. The number of carbonyl (C=O) groups is 2. The maximum Gasteiger partial charge on any atom is 0.328 e. The van der Waals surface area contributed by atoms with Gasteiger partial charge in [-0.05, 0) is 55.3 Å². The van der Waals surface area contributed by atoms with E-state index < -0.39 is 11.9 Å². The van der Waals surface area contributed by atoms with E-state index in [9.17, 15) is 9.59 Å². The minimum absolute atomic E-state index is 0.471. The predicted molar refractivity (Wildman–Crippen MR) is 101 cm³/mol. The zero-order valence-corrected chi connectivity index (χ0v) is 15.8. The van der Waals surface area contributed by atoms with E-state index in [0.717, 1.165) is 10.9 Å². The van der Waals surface area contributed by atoms with Crippen LogP contribution in [0, 0.1) is 5.92 Å². The fourth-order valence-corrected chi connectivity index (χ4v) is 3.07. The molecule has 0 spiro atoms. The van der Waals surface area contributed by atoms with Gasteiger partial charge in [0.15, 0.2) is 0 Å². The third kappa shape index (κ3) is 8.70. The molecule has 6 heteroatoms. The Morgan fingerprint density at radius 1 is 1.12 bits per heavy atom. The lowest BCUT2D eigenvalue weighted by Gasteiger charge is -2.44. The first-order valence-corrected chi connectivity index (χ1v) is 8.61. The van der Waals surface area contributed by atoms with Crippen molar-refractivity contribution in [1.82, 2.24) is 0 Å². The summed E-state index contributed by atoms with van der Waals surface area (Å²) in [6.07, 6.45) is 6.52. The Kier molecular flexibility index (Phi) is 10.8. The fraction of sp³-hybridized carbons (Fsp3) is 0.474. The number of hydrogen-bond acceptors (Lipinski definition) is 3. The van der Waals surface area contributed by atoms with Crippen LogP contribution in [0.4, 0.5) is 0 Å². The molecule has 0 unspecified atom stereocenters. The zero-order valence-electron chi connectivity index (χ0n) is 15.0. The zero-order chi connectivity index (χ0) is 19.5. The molecule has 1 fully saturated rings. The summed E-state index contributed by atoms with van der Waals surface area (Å²) < 4.78 is 0. The summed E-state index contributed by atoms with van der Waals surface area (Å²) in [6, 6.07) is 8.47. The normalized spacial score (nSPS) is 14.6. The van der Waals surface area contributed by atoms with Crippen molar-refractivity contribution in [2.24, 2.45) is 11.7 Å². The van der Waals surface area contributed by atoms with Gasteiger partial charge in [0.1, 0.15) is 0 Å². The van der Waals surface area contributed by atoms with Gasteiger partial charge in [0, 0.05) is 17.2 Å². The first-order valence-electron chi connectivity index (χ1n) is 8.23. The molecule has 1 aliphatic rings. The standard InChI is InChI=1S/C14H19Cl.C4H4O4.CH5N/c1-11(2)10-14(8-3-9-14)12-4-6-13(15)7-5-12;5-3(6)1-2-4(7)8;1-2/h4-7,11H,3,8-10H2,1-2H3;1-2H,(H,5,6)(H,7,8);2H2,1H3. The highest BCUT2D eigenvalue weighted by Gasteiger charge is 2.38. The van der Waals surface area contributed by atoms with Gasteiger partial charge in [0.25, 0.3) is 0 Å². The van der Waals surface area contributed by atoms with E-state index in [0.29, 0.717) is 17.6 Å². The lowest BCUT2D eigenvalue weighted by atomic mass is 9.61. The van der Waals surface area contributed by atoms with Crippen LogP contribution < -0.4 is 5.73 Å². The van der Waals surface area contributed by atoms with Crippen molar-refractivity contribution >= 4 is 23.5 Å². The molecule has 0 heterocycles. The first kappa shape index (κ1) is 23.1. The molecule has 1 aliphatic carbocycles. The first-order chi connectivity index (χ1) is 11.7. The maximum atomic E-state index is 9.55. The van der Waals surface area contributed by atoms with Crippen molar-refractivity contribution in [3.63, 3.8) is 0 Å². The number of hydrogen-bond donors (Lipinski definition) is 3. The Morgan fingerprint density at radius 2 is 1.56 bits per heavy atom. The summed E-state index contributed by atoms with van der Waals surface area (Å²) in [5.74, 6) is -1.74. The summed E-state index contributed by atoms with van der Waals surface area (Å²) in [6.45, 7) is 4.63. The van der Waals surface area contributed by atoms with Crippen LogP contribution in [-0.2, 0) is 15.0 Å². The molecule has 2 rings (SSSR count). The van der Waals surface area contributed by atoms with Crippen LogP contribution in [0.3, 0.4) is 0 Å². The van der Waals surface area contributed by atoms with Crippen molar-refractivity contribution in [3.8, 4) is 0 Å². The van der Waals surface area contributed by atoms with Crippen molar-refractivity contribution in [3.05, 3.63) is 47.0 Å². The minimum atomic E-state index is -1.26. The highest BCUT2D eigenvalue weighted by molar-refractivity contribution is 6.30. The Labute approximate surface area is 154 Å². The number of benzene rings is 1. The molecular formula is C19H28ClNO4. The molecule has 1 aromatic rings. The second-order valence-electron chi connectivity index (χ2n) is 6.25. The molecule has 25 heavy (non-hydrogen) atoms. The van der Waals surface area contributed by atoms with Gasteiger partial charge < -0.3 is 15.9 Å². The molecule has 5 nitrogen and oxygen atoms in total. The third-order valence-corrected chi connectivity index (χ3v) is 4.19. The molecule has 0 saturated heterocycles. The molecule has 0 atom stereocenters. The molecule has 4 N–H and O–H groups in total. The van der Waals surface area contributed by atoms with Crippen molar-refractivity contribution in [2.75, 3.05) is 7.05 Å². The number of carboxylic acids is 2. The summed E-state index contributed by atoms with van der Waals surface area (Å²) in [7, 11) is 1.50. The number of rotatable bonds is 5. The Hall–Kier alpha value is -1.85. The highest BCUT2D eigenvalue weighted by atomic mass is 35.5. The summed E-state index contributed by atoms with van der Waals surface area (Å²) in [5, 5.41) is 16.5. The average molecular weight is 370 g/mol. The summed E-state index contributed by atoms with van der Waals surface area (Å²) >= 11 is 5.93. The van der Waals surface area contributed by atoms with Crippen molar-refractivity contribution < 1.29 is 19.8 Å². The van der Waals surface area contributed by atoms with Gasteiger partial charge in [-0.3, -0.25) is 0 Å². The number of halogens is 1. The minimum Gasteiger partial charge on any atom is -0.478 e. The van der Waals surface area contributed by atoms with Crippen LogP contribution in [0.15, 0.2) is 36.4 Å². The smallest absolute Gasteiger partial charge is 0.328 e. The van der Waals surface area contributed by atoms with E-state index in [-0.39, 0.29) is 0 Å². The molecule has 1 saturated carbocycles. The molecule has 1 aromatic carbocycles. The maximum absolute atomic E-state index is 9.55. The van der Waals surface area contributed by atoms with Crippen LogP contribution in [0.2, 0.25) is 5.02 Å². The van der Waals surface area contributed by atoms with E-state index in [4.69, 9.17) is 21.8 Å². The lowest BCUT2D eigenvalue weighted by molar-refractivity contribution is -0.134. The largest absolute Gasteiger partial charge is 0.478 e. The van der Waals surface area contributed by atoms with E-state index in [1.807, 2.05) is 12.1 Å². The van der Waals surface area contributed by atoms with Gasteiger partial charge in [-0.1, -0.05) is 44.0 Å². The van der Waals surface area contributed by atoms with E-state index in [1.54, 1.807) is 0 Å². The lowest BCUT2D eigenvalue weighted by Crippen LogP contribution is -2.35. The van der Waals surface area contributed by atoms with Crippen LogP contribution in [0.1, 0.15) is 45.1 Å². The van der Waals surface area contributed by atoms with Gasteiger partial charge in [-0.25, -0.2) is 9.59 Å². The van der Waals surface area contributed by atoms with Gasteiger partial charge >= 0.3 is 11.9 Å². The molecule has 0 aliphatic heterocycles. The quantitative estimate of drug-likeness (QED) is 0.678. The second-order valence-corrected chi connectivity index (χ2v) is 6.68. The van der Waals surface area contributed by atoms with Crippen LogP contribution >= 0.6 is 11.6 Å². The van der Waals surface area contributed by atoms with Gasteiger partial charge in [-0.15, -0.1) is 0 Å². The predicted octanol–water partition coefficient (Wildman–Crippen LogP) is 4.09. The highest BCUT2D eigenvalue weighted by Crippen LogP contribution is 2.48. The third-order valence-electron chi connectivity index (χ3n) is 3.93. The van der Waals surface area contributed by atoms with Crippen molar-refractivity contribution in [2.45, 2.75) is 44.9 Å². The van der Waals surface area contributed by atoms with Crippen molar-refractivity contribution in [1.29, 1.82) is 0 Å². The SMILES string of the molecule is CC(C)CC1(c2ccc(Cl)cc2)CCC1.CN.O=C(O)C=CC(=O)O. The van der Waals surface area contributed by atoms with Crippen LogP contribution in [-0.4, -0.2) is 29.2 Å². The van der Waals surface area contributed by atoms with Gasteiger partial charge in [0.05, 0.1) is 0 Å². The number of carboxylic acid groups (broad SMARTS) is 2.